The van der Waals surface area contributed by atoms with E-state index in [2.05, 4.69) is 30.5 Å². The van der Waals surface area contributed by atoms with Gasteiger partial charge in [0, 0.05) is 29.6 Å². The molecule has 0 amide bonds. The van der Waals surface area contributed by atoms with Gasteiger partial charge in [0.25, 0.3) is 0 Å². The summed E-state index contributed by atoms with van der Waals surface area (Å²) in [5.41, 5.74) is 13.9. The van der Waals surface area contributed by atoms with Crippen molar-refractivity contribution in [3.05, 3.63) is 34.5 Å². The maximum Gasteiger partial charge on any atom is 0.0517 e. The minimum Gasteiger partial charge on any atom is -0.344 e. The molecule has 0 atom stereocenters. The van der Waals surface area contributed by atoms with Crippen molar-refractivity contribution in [2.24, 2.45) is 5.73 Å². The largest absolute Gasteiger partial charge is 0.344 e. The zero-order valence-corrected chi connectivity index (χ0v) is 12.6. The normalized spacial score (nSPS) is 20.1. The smallest absolute Gasteiger partial charge is 0.0517 e. The van der Waals surface area contributed by atoms with Gasteiger partial charge in [-0.1, -0.05) is 12.5 Å². The summed E-state index contributed by atoms with van der Waals surface area (Å²) in [6.07, 6.45) is 6.38. The summed E-state index contributed by atoms with van der Waals surface area (Å²) in [6, 6.07) is 4.93. The van der Waals surface area contributed by atoms with Crippen LogP contribution in [0.25, 0.3) is 10.9 Å². The van der Waals surface area contributed by atoms with E-state index >= 15 is 0 Å². The van der Waals surface area contributed by atoms with Crippen molar-refractivity contribution in [2.45, 2.75) is 57.9 Å². The van der Waals surface area contributed by atoms with Crippen LogP contribution in [-0.2, 0) is 18.4 Å². The van der Waals surface area contributed by atoms with Crippen LogP contribution in [-0.4, -0.2) is 11.1 Å². The molecule has 106 valence electrons. The Morgan fingerprint density at radius 1 is 1.20 bits per heavy atom. The summed E-state index contributed by atoms with van der Waals surface area (Å²) in [5.74, 6) is 0. The second-order valence-electron chi connectivity index (χ2n) is 6.84. The molecule has 2 N–H and O–H groups in total. The Labute approximate surface area is 121 Å². The molecule has 0 saturated heterocycles. The number of hydrogen-bond acceptors (Lipinski definition) is 1. The number of nitrogens with zero attached hydrogens (tertiary/aromatic N) is 1. The van der Waals surface area contributed by atoms with Crippen LogP contribution in [0.15, 0.2) is 12.1 Å². The summed E-state index contributed by atoms with van der Waals surface area (Å²) in [5, 5.41) is 1.48. The monoisotopic (exact) mass is 268 g/mol. The fourth-order valence-corrected chi connectivity index (χ4v) is 4.28. The van der Waals surface area contributed by atoms with Crippen LogP contribution in [0.3, 0.4) is 0 Å². The van der Waals surface area contributed by atoms with E-state index in [-0.39, 0.29) is 5.41 Å². The predicted molar refractivity (Wildman–Crippen MR) is 84.3 cm³/mol. The van der Waals surface area contributed by atoms with Gasteiger partial charge in [0.15, 0.2) is 0 Å². The number of benzene rings is 1. The third-order valence-electron chi connectivity index (χ3n) is 5.95. The lowest BCUT2D eigenvalue weighted by Crippen LogP contribution is -2.41. The fraction of sp³-hybridized carbons (Fsp3) is 0.556. The van der Waals surface area contributed by atoms with Gasteiger partial charge >= 0.3 is 0 Å². The molecule has 2 aliphatic rings. The van der Waals surface area contributed by atoms with Crippen molar-refractivity contribution in [1.29, 1.82) is 0 Å². The van der Waals surface area contributed by atoms with Crippen LogP contribution in [0, 0.1) is 13.8 Å². The maximum atomic E-state index is 6.12. The molecule has 0 spiro atoms. The van der Waals surface area contributed by atoms with Crippen molar-refractivity contribution in [3.63, 3.8) is 0 Å². The third kappa shape index (κ3) is 1.43. The summed E-state index contributed by atoms with van der Waals surface area (Å²) >= 11 is 0. The Bertz CT molecular complexity index is 684. The highest BCUT2D eigenvalue weighted by Gasteiger charge is 2.38. The Kier molecular flexibility index (Phi) is 2.56. The minimum atomic E-state index is 0.282. The van der Waals surface area contributed by atoms with E-state index in [0.29, 0.717) is 0 Å². The SMILES string of the molecule is Cc1c(C)n2c3c(cc(C4(CN)CCC4)cc13)CCC2. The molecule has 2 nitrogen and oxygen atoms in total. The summed E-state index contributed by atoms with van der Waals surface area (Å²) in [4.78, 5) is 0. The van der Waals surface area contributed by atoms with E-state index in [9.17, 15) is 0 Å². The molecule has 2 heteroatoms. The molecule has 1 aromatic carbocycles. The van der Waals surface area contributed by atoms with Crippen LogP contribution >= 0.6 is 0 Å². The van der Waals surface area contributed by atoms with Crippen molar-refractivity contribution in [3.8, 4) is 0 Å². The van der Waals surface area contributed by atoms with Gasteiger partial charge in [0.05, 0.1) is 5.52 Å². The first-order chi connectivity index (χ1) is 9.66. The Morgan fingerprint density at radius 2 is 2.00 bits per heavy atom. The van der Waals surface area contributed by atoms with E-state index in [4.69, 9.17) is 5.73 Å². The van der Waals surface area contributed by atoms with Gasteiger partial charge in [-0.2, -0.15) is 0 Å². The van der Waals surface area contributed by atoms with Gasteiger partial charge in [-0.05, 0) is 62.3 Å². The van der Waals surface area contributed by atoms with Gasteiger partial charge in [0.2, 0.25) is 0 Å². The minimum absolute atomic E-state index is 0.282. The van der Waals surface area contributed by atoms with Crippen molar-refractivity contribution >= 4 is 10.9 Å². The van der Waals surface area contributed by atoms with E-state index in [1.807, 2.05) is 0 Å². The highest BCUT2D eigenvalue weighted by Crippen LogP contribution is 2.45. The highest BCUT2D eigenvalue weighted by atomic mass is 15.0. The Hall–Kier alpha value is -1.28. The molecule has 1 saturated carbocycles. The molecule has 1 aromatic heterocycles. The molecular weight excluding hydrogens is 244 g/mol. The molecule has 20 heavy (non-hydrogen) atoms. The maximum absolute atomic E-state index is 6.12. The molecule has 0 unspecified atom stereocenters. The Balaban J connectivity index is 2.01. The van der Waals surface area contributed by atoms with E-state index in [1.165, 1.54) is 66.4 Å². The second-order valence-corrected chi connectivity index (χ2v) is 6.84. The average Bonchev–Trinajstić information content (AvgIpc) is 2.66. The van der Waals surface area contributed by atoms with Crippen LogP contribution in [0.1, 0.15) is 48.1 Å². The van der Waals surface area contributed by atoms with Crippen molar-refractivity contribution in [2.75, 3.05) is 6.54 Å². The lowest BCUT2D eigenvalue weighted by molar-refractivity contribution is 0.253. The summed E-state index contributed by atoms with van der Waals surface area (Å²) in [6.45, 7) is 6.54. The van der Waals surface area contributed by atoms with Crippen molar-refractivity contribution in [1.82, 2.24) is 4.57 Å². The molecule has 2 heterocycles. The first-order valence-corrected chi connectivity index (χ1v) is 7.99. The lowest BCUT2D eigenvalue weighted by atomic mass is 9.64. The van der Waals surface area contributed by atoms with Crippen LogP contribution in [0.5, 0.6) is 0 Å². The van der Waals surface area contributed by atoms with Gasteiger partial charge in [0.1, 0.15) is 0 Å². The third-order valence-corrected chi connectivity index (χ3v) is 5.95. The predicted octanol–water partition coefficient (Wildman–Crippen LogP) is 3.58. The number of nitrogens with two attached hydrogens (primary N) is 1. The molecular formula is C18H24N2. The first kappa shape index (κ1) is 12.5. The summed E-state index contributed by atoms with van der Waals surface area (Å²) in [7, 11) is 0. The van der Waals surface area contributed by atoms with Crippen LogP contribution in [0.4, 0.5) is 0 Å². The standard InChI is InChI=1S/C18H24N2/c1-12-13(2)20-8-3-5-14-9-15(10-16(12)17(14)20)18(11-19)6-4-7-18/h9-10H,3-8,11,19H2,1-2H3. The Morgan fingerprint density at radius 3 is 2.65 bits per heavy atom. The van der Waals surface area contributed by atoms with E-state index in [1.54, 1.807) is 5.56 Å². The molecule has 4 rings (SSSR count). The van der Waals surface area contributed by atoms with Gasteiger partial charge < -0.3 is 10.3 Å². The molecule has 1 fully saturated rings. The van der Waals surface area contributed by atoms with Crippen LogP contribution < -0.4 is 5.73 Å². The van der Waals surface area contributed by atoms with Gasteiger partial charge in [-0.25, -0.2) is 0 Å². The highest BCUT2D eigenvalue weighted by molar-refractivity contribution is 5.89. The second kappa shape index (κ2) is 4.11. The van der Waals surface area contributed by atoms with E-state index < -0.39 is 0 Å². The van der Waals surface area contributed by atoms with Gasteiger partial charge in [-0.3, -0.25) is 0 Å². The topological polar surface area (TPSA) is 30.9 Å². The fourth-order valence-electron chi connectivity index (χ4n) is 4.28. The number of hydrogen-bond donors (Lipinski definition) is 1. The zero-order chi connectivity index (χ0) is 13.9. The average molecular weight is 268 g/mol. The number of aryl methyl sites for hydroxylation is 3. The molecule has 0 bridgehead atoms. The summed E-state index contributed by atoms with van der Waals surface area (Å²) < 4.78 is 2.53. The molecule has 1 aliphatic heterocycles. The van der Waals surface area contributed by atoms with Crippen molar-refractivity contribution < 1.29 is 0 Å². The quantitative estimate of drug-likeness (QED) is 0.886. The molecule has 0 radical (unpaired) electrons. The lowest BCUT2D eigenvalue weighted by Gasteiger charge is -2.42. The zero-order valence-electron chi connectivity index (χ0n) is 12.6. The van der Waals surface area contributed by atoms with Gasteiger partial charge in [-0.15, -0.1) is 0 Å². The van der Waals surface area contributed by atoms with Crippen LogP contribution in [0.2, 0.25) is 0 Å². The molecule has 2 aromatic rings. The number of rotatable bonds is 2. The number of aromatic nitrogens is 1. The first-order valence-electron chi connectivity index (χ1n) is 7.99. The van der Waals surface area contributed by atoms with E-state index in [0.717, 1.165) is 6.54 Å². The molecule has 1 aliphatic carbocycles.